The van der Waals surface area contributed by atoms with Crippen LogP contribution in [-0.2, 0) is 10.4 Å². The highest BCUT2D eigenvalue weighted by atomic mass is 16.3. The van der Waals surface area contributed by atoms with Gasteiger partial charge in [-0.15, -0.1) is 0 Å². The number of rotatable bonds is 6. The maximum atomic E-state index is 13.2. The van der Waals surface area contributed by atoms with E-state index in [0.29, 0.717) is 11.1 Å². The molecular weight excluding hydrogens is 422 g/mol. The topological polar surface area (TPSA) is 66.6 Å². The Hall–Kier alpha value is -3.96. The minimum absolute atomic E-state index is 0.474. The molecule has 1 amide bonds. The highest BCUT2D eigenvalue weighted by molar-refractivity contribution is 5.91. The molecule has 1 heterocycles. The van der Waals surface area contributed by atoms with Gasteiger partial charge in [-0.25, -0.2) is 5.43 Å². The van der Waals surface area contributed by atoms with Crippen LogP contribution < -0.4 is 5.43 Å². The lowest BCUT2D eigenvalue weighted by Gasteiger charge is -2.27. The SMILES string of the molecule is Cc1cc(C)cc(-n2c(C)cc(/C=N/NC(=O)C(O)(c3ccccc3)c3ccccc3)c2C)c1. The Bertz CT molecular complexity index is 1280. The van der Waals surface area contributed by atoms with Crippen LogP contribution in [0.2, 0.25) is 0 Å². The number of aryl methyl sites for hydroxylation is 3. The summed E-state index contributed by atoms with van der Waals surface area (Å²) in [5.74, 6) is -0.621. The van der Waals surface area contributed by atoms with Crippen LogP contribution in [0.15, 0.2) is 90.0 Å². The predicted octanol–water partition coefficient (Wildman–Crippen LogP) is 5.10. The Morgan fingerprint density at radius 2 is 1.38 bits per heavy atom. The number of aromatic nitrogens is 1. The summed E-state index contributed by atoms with van der Waals surface area (Å²) in [4.78, 5) is 13.2. The maximum absolute atomic E-state index is 13.2. The Morgan fingerprint density at radius 3 is 1.91 bits per heavy atom. The Kier molecular flexibility index (Phi) is 6.48. The molecule has 0 radical (unpaired) electrons. The molecule has 0 spiro atoms. The van der Waals surface area contributed by atoms with Crippen LogP contribution in [0.1, 0.15) is 39.2 Å². The van der Waals surface area contributed by atoms with Gasteiger partial charge in [0.05, 0.1) is 6.21 Å². The molecule has 0 bridgehead atoms. The molecule has 0 saturated heterocycles. The molecular formula is C29H29N3O2. The molecule has 5 heteroatoms. The Labute approximate surface area is 200 Å². The molecule has 4 rings (SSSR count). The van der Waals surface area contributed by atoms with E-state index in [2.05, 4.69) is 47.1 Å². The number of aliphatic hydroxyl groups is 1. The summed E-state index contributed by atoms with van der Waals surface area (Å²) in [6.07, 6.45) is 1.62. The Balaban J connectivity index is 1.62. The second-order valence-corrected chi connectivity index (χ2v) is 8.65. The van der Waals surface area contributed by atoms with Crippen molar-refractivity contribution in [3.05, 3.63) is 124 Å². The van der Waals surface area contributed by atoms with E-state index in [1.807, 2.05) is 32.0 Å². The third-order valence-electron chi connectivity index (χ3n) is 6.02. The summed E-state index contributed by atoms with van der Waals surface area (Å²) < 4.78 is 2.17. The zero-order valence-corrected chi connectivity index (χ0v) is 19.9. The van der Waals surface area contributed by atoms with E-state index < -0.39 is 11.5 Å². The molecule has 0 fully saturated rings. The van der Waals surface area contributed by atoms with E-state index in [-0.39, 0.29) is 0 Å². The molecule has 5 nitrogen and oxygen atoms in total. The average Bonchev–Trinajstić information content (AvgIpc) is 3.11. The van der Waals surface area contributed by atoms with Gasteiger partial charge in [-0.2, -0.15) is 5.10 Å². The summed E-state index contributed by atoms with van der Waals surface area (Å²) in [6, 6.07) is 26.3. The zero-order valence-electron chi connectivity index (χ0n) is 19.9. The van der Waals surface area contributed by atoms with Crippen LogP contribution in [0.25, 0.3) is 5.69 Å². The Morgan fingerprint density at radius 1 is 0.853 bits per heavy atom. The number of nitrogens with one attached hydrogen (secondary N) is 1. The monoisotopic (exact) mass is 451 g/mol. The van der Waals surface area contributed by atoms with Gasteiger partial charge in [0, 0.05) is 22.6 Å². The van der Waals surface area contributed by atoms with Crippen molar-refractivity contribution in [3.63, 3.8) is 0 Å². The number of amides is 1. The fraction of sp³-hybridized carbons (Fsp3) is 0.172. The van der Waals surface area contributed by atoms with E-state index in [1.54, 1.807) is 54.7 Å². The third kappa shape index (κ3) is 4.43. The molecule has 0 aliphatic carbocycles. The van der Waals surface area contributed by atoms with Gasteiger partial charge in [-0.1, -0.05) is 66.7 Å². The number of benzene rings is 3. The molecule has 0 aliphatic heterocycles. The summed E-state index contributed by atoms with van der Waals surface area (Å²) >= 11 is 0. The zero-order chi connectivity index (χ0) is 24.3. The van der Waals surface area contributed by atoms with Crippen molar-refractivity contribution in [2.24, 2.45) is 5.10 Å². The standard InChI is InChI=1S/C29H29N3O2/c1-20-15-21(2)17-27(16-20)32-22(3)18-24(23(32)4)19-30-31-28(33)29(34,25-11-7-5-8-12-25)26-13-9-6-10-14-26/h5-19,34H,1-4H3,(H,31,33)/b30-19+. The minimum Gasteiger partial charge on any atom is -0.372 e. The maximum Gasteiger partial charge on any atom is 0.281 e. The van der Waals surface area contributed by atoms with E-state index in [1.165, 1.54) is 11.1 Å². The van der Waals surface area contributed by atoms with Crippen LogP contribution in [0.4, 0.5) is 0 Å². The molecule has 34 heavy (non-hydrogen) atoms. The highest BCUT2D eigenvalue weighted by Crippen LogP contribution is 2.30. The van der Waals surface area contributed by atoms with Crippen LogP contribution >= 0.6 is 0 Å². The predicted molar refractivity (Wildman–Crippen MR) is 136 cm³/mol. The van der Waals surface area contributed by atoms with E-state index >= 15 is 0 Å². The van der Waals surface area contributed by atoms with Crippen LogP contribution in [-0.4, -0.2) is 21.8 Å². The van der Waals surface area contributed by atoms with Crippen LogP contribution in [0.3, 0.4) is 0 Å². The van der Waals surface area contributed by atoms with Gasteiger partial charge in [0.25, 0.3) is 5.91 Å². The molecule has 0 atom stereocenters. The first-order chi connectivity index (χ1) is 16.3. The molecule has 0 unspecified atom stereocenters. The van der Waals surface area contributed by atoms with Crippen molar-refractivity contribution in [2.45, 2.75) is 33.3 Å². The number of hydrogen-bond donors (Lipinski definition) is 2. The lowest BCUT2D eigenvalue weighted by molar-refractivity contribution is -0.136. The third-order valence-corrected chi connectivity index (χ3v) is 6.02. The second kappa shape index (κ2) is 9.49. The summed E-state index contributed by atoms with van der Waals surface area (Å²) in [6.45, 7) is 8.24. The van der Waals surface area contributed by atoms with E-state index in [0.717, 1.165) is 22.6 Å². The van der Waals surface area contributed by atoms with Gasteiger partial charge in [-0.3, -0.25) is 4.79 Å². The highest BCUT2D eigenvalue weighted by Gasteiger charge is 2.39. The lowest BCUT2D eigenvalue weighted by Crippen LogP contribution is -2.43. The summed E-state index contributed by atoms with van der Waals surface area (Å²) in [5, 5.41) is 15.7. The molecule has 1 aromatic heterocycles. The van der Waals surface area contributed by atoms with Crippen molar-refractivity contribution in [2.75, 3.05) is 0 Å². The minimum atomic E-state index is -1.87. The van der Waals surface area contributed by atoms with Crippen molar-refractivity contribution < 1.29 is 9.90 Å². The van der Waals surface area contributed by atoms with Crippen molar-refractivity contribution in [1.82, 2.24) is 9.99 Å². The van der Waals surface area contributed by atoms with Crippen LogP contribution in [0.5, 0.6) is 0 Å². The van der Waals surface area contributed by atoms with Gasteiger partial charge >= 0.3 is 0 Å². The normalized spacial score (nSPS) is 11.7. The van der Waals surface area contributed by atoms with Gasteiger partial charge in [0.1, 0.15) is 0 Å². The molecule has 2 N–H and O–H groups in total. The molecule has 0 aliphatic rings. The molecule has 3 aromatic carbocycles. The fourth-order valence-electron chi connectivity index (χ4n) is 4.42. The van der Waals surface area contributed by atoms with Gasteiger partial charge in [0.2, 0.25) is 0 Å². The van der Waals surface area contributed by atoms with Crippen molar-refractivity contribution in [3.8, 4) is 5.69 Å². The van der Waals surface area contributed by atoms with E-state index in [9.17, 15) is 9.90 Å². The lowest BCUT2D eigenvalue weighted by atomic mass is 9.85. The van der Waals surface area contributed by atoms with Crippen LogP contribution in [0, 0.1) is 27.7 Å². The summed E-state index contributed by atoms with van der Waals surface area (Å²) in [7, 11) is 0. The quantitative estimate of drug-likeness (QED) is 0.316. The first kappa shape index (κ1) is 23.2. The fourth-order valence-corrected chi connectivity index (χ4v) is 4.42. The van der Waals surface area contributed by atoms with Crippen molar-refractivity contribution >= 4 is 12.1 Å². The smallest absolute Gasteiger partial charge is 0.281 e. The van der Waals surface area contributed by atoms with Gasteiger partial charge in [0.15, 0.2) is 5.60 Å². The number of hydrazone groups is 1. The summed E-state index contributed by atoms with van der Waals surface area (Å²) in [5.41, 5.74) is 8.11. The second-order valence-electron chi connectivity index (χ2n) is 8.65. The van der Waals surface area contributed by atoms with E-state index in [4.69, 9.17) is 0 Å². The average molecular weight is 452 g/mol. The van der Waals surface area contributed by atoms with Crippen molar-refractivity contribution in [1.29, 1.82) is 0 Å². The van der Waals surface area contributed by atoms with Gasteiger partial charge in [-0.05, 0) is 68.1 Å². The number of carbonyl (C=O) groups is 1. The molecule has 4 aromatic rings. The first-order valence-electron chi connectivity index (χ1n) is 11.2. The largest absolute Gasteiger partial charge is 0.372 e. The number of hydrogen-bond acceptors (Lipinski definition) is 3. The molecule has 172 valence electrons. The number of nitrogens with zero attached hydrogens (tertiary/aromatic N) is 2. The molecule has 0 saturated carbocycles. The first-order valence-corrected chi connectivity index (χ1v) is 11.2. The van der Waals surface area contributed by atoms with Gasteiger partial charge < -0.3 is 9.67 Å². The number of carbonyl (C=O) groups excluding carboxylic acids is 1.